The molecule has 1 aromatic heterocycles. The van der Waals surface area contributed by atoms with Gasteiger partial charge in [0.25, 0.3) is 11.8 Å². The van der Waals surface area contributed by atoms with E-state index in [0.29, 0.717) is 30.1 Å². The molecule has 9 heteroatoms. The molecule has 0 aliphatic carbocycles. The maximum absolute atomic E-state index is 13.3. The number of rotatable bonds is 6. The van der Waals surface area contributed by atoms with E-state index < -0.39 is 5.91 Å². The third-order valence-corrected chi connectivity index (χ3v) is 5.14. The van der Waals surface area contributed by atoms with Gasteiger partial charge in [0.1, 0.15) is 11.8 Å². The quantitative estimate of drug-likeness (QED) is 0.651. The lowest BCUT2D eigenvalue weighted by molar-refractivity contribution is 0.0417. The Morgan fingerprint density at radius 2 is 2.20 bits per heavy atom. The van der Waals surface area contributed by atoms with E-state index in [0.717, 1.165) is 0 Å². The number of benzene rings is 1. The van der Waals surface area contributed by atoms with Gasteiger partial charge in [0.05, 0.1) is 30.1 Å². The van der Waals surface area contributed by atoms with Crippen LogP contribution >= 0.6 is 0 Å². The number of carbonyl (C=O) groups excluding carboxylic acids is 2. The predicted molar refractivity (Wildman–Crippen MR) is 112 cm³/mol. The van der Waals surface area contributed by atoms with E-state index in [4.69, 9.17) is 4.74 Å². The topological polar surface area (TPSA) is 117 Å². The fraction of sp³-hybridized carbons (Fsp3) is 0.429. The molecule has 30 heavy (non-hydrogen) atoms. The van der Waals surface area contributed by atoms with Crippen molar-refractivity contribution in [2.24, 2.45) is 5.92 Å². The summed E-state index contributed by atoms with van der Waals surface area (Å²) < 4.78 is 6.27. The van der Waals surface area contributed by atoms with Gasteiger partial charge in [-0.25, -0.2) is 4.98 Å². The third kappa shape index (κ3) is 4.58. The minimum absolute atomic E-state index is 0.00713. The van der Waals surface area contributed by atoms with Gasteiger partial charge in [0.2, 0.25) is 0 Å². The number of amides is 2. The Bertz CT molecular complexity index is 892. The van der Waals surface area contributed by atoms with Crippen LogP contribution in [-0.2, 0) is 0 Å². The second-order valence-electron chi connectivity index (χ2n) is 7.41. The molecule has 1 aliphatic rings. The Labute approximate surface area is 175 Å². The summed E-state index contributed by atoms with van der Waals surface area (Å²) in [6.07, 6.45) is 4.04. The smallest absolute Gasteiger partial charge is 0.275 e. The van der Waals surface area contributed by atoms with Crippen molar-refractivity contribution in [2.75, 3.05) is 32.1 Å². The van der Waals surface area contributed by atoms with Gasteiger partial charge in [-0.05, 0) is 26.1 Å². The zero-order valence-electron chi connectivity index (χ0n) is 17.3. The van der Waals surface area contributed by atoms with Gasteiger partial charge < -0.3 is 25.4 Å². The zero-order valence-corrected chi connectivity index (χ0v) is 17.3. The number of hydrogen-bond donors (Lipinski definition) is 3. The van der Waals surface area contributed by atoms with Gasteiger partial charge in [0, 0.05) is 31.4 Å². The SMILES string of the molecule is CNC[C@@H]1Oc2c(NC(=O)c3cnccn3)cccc2C(=O)N([C@H](C)CO)C[C@@H]1C. The van der Waals surface area contributed by atoms with Crippen LogP contribution in [0.1, 0.15) is 34.7 Å². The molecule has 0 spiro atoms. The van der Waals surface area contributed by atoms with Crippen molar-refractivity contribution in [3.63, 3.8) is 0 Å². The number of anilines is 1. The van der Waals surface area contributed by atoms with Crippen molar-refractivity contribution in [2.45, 2.75) is 26.0 Å². The number of aromatic nitrogens is 2. The van der Waals surface area contributed by atoms with Gasteiger partial charge >= 0.3 is 0 Å². The van der Waals surface area contributed by atoms with Crippen LogP contribution in [0.15, 0.2) is 36.8 Å². The molecule has 1 aromatic carbocycles. The van der Waals surface area contributed by atoms with Crippen molar-refractivity contribution >= 4 is 17.5 Å². The van der Waals surface area contributed by atoms with Crippen LogP contribution in [0, 0.1) is 5.92 Å². The van der Waals surface area contributed by atoms with E-state index >= 15 is 0 Å². The highest BCUT2D eigenvalue weighted by atomic mass is 16.5. The van der Waals surface area contributed by atoms with E-state index in [9.17, 15) is 14.7 Å². The van der Waals surface area contributed by atoms with Crippen molar-refractivity contribution in [1.82, 2.24) is 20.2 Å². The molecule has 2 amide bonds. The molecule has 3 rings (SSSR count). The first-order chi connectivity index (χ1) is 14.5. The van der Waals surface area contributed by atoms with Gasteiger partial charge in [0.15, 0.2) is 5.75 Å². The van der Waals surface area contributed by atoms with E-state index in [2.05, 4.69) is 20.6 Å². The number of carbonyl (C=O) groups is 2. The molecule has 2 aromatic rings. The molecule has 0 radical (unpaired) electrons. The maximum atomic E-state index is 13.3. The molecule has 0 unspecified atom stereocenters. The first-order valence-corrected chi connectivity index (χ1v) is 9.89. The monoisotopic (exact) mass is 413 g/mol. The lowest BCUT2D eigenvalue weighted by Gasteiger charge is -2.37. The van der Waals surface area contributed by atoms with Gasteiger partial charge in [-0.15, -0.1) is 0 Å². The van der Waals surface area contributed by atoms with Crippen LogP contribution < -0.4 is 15.4 Å². The first kappa shape index (κ1) is 21.7. The van der Waals surface area contributed by atoms with Gasteiger partial charge in [-0.3, -0.25) is 14.6 Å². The molecule has 3 atom stereocenters. The van der Waals surface area contributed by atoms with Gasteiger partial charge in [-0.1, -0.05) is 13.0 Å². The summed E-state index contributed by atoms with van der Waals surface area (Å²) in [7, 11) is 1.83. The number of aliphatic hydroxyl groups is 1. The van der Waals surface area contributed by atoms with Crippen molar-refractivity contribution in [1.29, 1.82) is 0 Å². The summed E-state index contributed by atoms with van der Waals surface area (Å²) in [5.41, 5.74) is 0.867. The number of nitrogens with one attached hydrogen (secondary N) is 2. The van der Waals surface area contributed by atoms with E-state index in [-0.39, 0.29) is 36.3 Å². The summed E-state index contributed by atoms with van der Waals surface area (Å²) in [5, 5.41) is 15.6. The Morgan fingerprint density at radius 3 is 2.87 bits per heavy atom. The summed E-state index contributed by atoms with van der Waals surface area (Å²) in [6.45, 7) is 4.66. The molecule has 0 bridgehead atoms. The highest BCUT2D eigenvalue weighted by Crippen LogP contribution is 2.34. The van der Waals surface area contributed by atoms with E-state index in [1.54, 1.807) is 30.0 Å². The highest BCUT2D eigenvalue weighted by molar-refractivity contribution is 6.06. The number of aliphatic hydroxyl groups excluding tert-OH is 1. The number of nitrogens with zero attached hydrogens (tertiary/aromatic N) is 3. The van der Waals surface area contributed by atoms with Crippen LogP contribution in [0.2, 0.25) is 0 Å². The number of para-hydroxylation sites is 1. The van der Waals surface area contributed by atoms with Crippen LogP contribution in [0.5, 0.6) is 5.75 Å². The molecule has 9 nitrogen and oxygen atoms in total. The third-order valence-electron chi connectivity index (χ3n) is 5.14. The lowest BCUT2D eigenvalue weighted by atomic mass is 9.99. The molecule has 0 fully saturated rings. The predicted octanol–water partition coefficient (Wildman–Crippen LogP) is 1.17. The average molecular weight is 413 g/mol. The Morgan fingerprint density at radius 1 is 1.40 bits per heavy atom. The molecule has 160 valence electrons. The van der Waals surface area contributed by atoms with E-state index in [1.807, 2.05) is 14.0 Å². The Hall–Kier alpha value is -3.04. The summed E-state index contributed by atoms with van der Waals surface area (Å²) >= 11 is 0. The highest BCUT2D eigenvalue weighted by Gasteiger charge is 2.33. The molecule has 0 saturated heterocycles. The standard InChI is InChI=1S/C21H27N5O4/c1-13-11-26(14(2)12-27)21(29)15-5-4-6-16(19(15)30-18(13)10-22-3)25-20(28)17-9-23-7-8-24-17/h4-9,13-14,18,22,27H,10-12H2,1-3H3,(H,25,28)/t13-,14+,18-/m0/s1. The second kappa shape index (κ2) is 9.64. The summed E-state index contributed by atoms with van der Waals surface area (Å²) in [5.74, 6) is -0.403. The van der Waals surface area contributed by atoms with Crippen LogP contribution in [0.3, 0.4) is 0 Å². The maximum Gasteiger partial charge on any atom is 0.275 e. The fourth-order valence-corrected chi connectivity index (χ4v) is 3.39. The van der Waals surface area contributed by atoms with Crippen molar-refractivity contribution < 1.29 is 19.4 Å². The largest absolute Gasteiger partial charge is 0.486 e. The van der Waals surface area contributed by atoms with E-state index in [1.165, 1.54) is 18.6 Å². The number of hydrogen-bond acceptors (Lipinski definition) is 7. The van der Waals surface area contributed by atoms with Crippen LogP contribution in [-0.4, -0.2) is 70.7 Å². The molecule has 3 N–H and O–H groups in total. The molecular weight excluding hydrogens is 386 g/mol. The van der Waals surface area contributed by atoms with Crippen molar-refractivity contribution in [3.8, 4) is 5.75 Å². The molecule has 1 aliphatic heterocycles. The summed E-state index contributed by atoms with van der Waals surface area (Å²) in [4.78, 5) is 35.5. The molecule has 2 heterocycles. The van der Waals surface area contributed by atoms with Crippen LogP contribution in [0.25, 0.3) is 0 Å². The Kier molecular flexibility index (Phi) is 6.96. The Balaban J connectivity index is 2.03. The minimum Gasteiger partial charge on any atom is -0.486 e. The second-order valence-corrected chi connectivity index (χ2v) is 7.41. The molecular formula is C21H27N5O4. The normalized spacial score (nSPS) is 19.9. The lowest BCUT2D eigenvalue weighted by Crippen LogP contribution is -2.49. The van der Waals surface area contributed by atoms with Crippen LogP contribution in [0.4, 0.5) is 5.69 Å². The molecule has 0 saturated carbocycles. The minimum atomic E-state index is -0.451. The fourth-order valence-electron chi connectivity index (χ4n) is 3.39. The first-order valence-electron chi connectivity index (χ1n) is 9.89. The number of fused-ring (bicyclic) bond motifs is 1. The van der Waals surface area contributed by atoms with Gasteiger partial charge in [-0.2, -0.15) is 0 Å². The zero-order chi connectivity index (χ0) is 21.7. The number of ether oxygens (including phenoxy) is 1. The average Bonchev–Trinajstić information content (AvgIpc) is 2.76. The summed E-state index contributed by atoms with van der Waals surface area (Å²) in [6, 6.07) is 4.69. The number of likely N-dealkylation sites (N-methyl/N-ethyl adjacent to an activating group) is 1. The van der Waals surface area contributed by atoms with Crippen molar-refractivity contribution in [3.05, 3.63) is 48.0 Å².